The Morgan fingerprint density at radius 1 is 1.09 bits per heavy atom. The van der Waals surface area contributed by atoms with E-state index in [1.54, 1.807) is 20.8 Å². The van der Waals surface area contributed by atoms with Gasteiger partial charge in [0.2, 0.25) is 0 Å². The third kappa shape index (κ3) is 9.16. The van der Waals surface area contributed by atoms with Crippen LogP contribution in [-0.2, 0) is 11.2 Å². The van der Waals surface area contributed by atoms with Crippen molar-refractivity contribution < 1.29 is 15.0 Å². The number of carboxylic acid groups (broad SMARTS) is 1. The van der Waals surface area contributed by atoms with Gasteiger partial charge in [0.05, 0.1) is 17.7 Å². The second kappa shape index (κ2) is 11.8. The van der Waals surface area contributed by atoms with Crippen LogP contribution in [0.1, 0.15) is 78.3 Å². The number of aromatic nitrogens is 1. The normalized spacial score (nSPS) is 15.6. The summed E-state index contributed by atoms with van der Waals surface area (Å²) < 4.78 is 0. The van der Waals surface area contributed by atoms with Crippen molar-refractivity contribution in [1.82, 2.24) is 4.98 Å². The first kappa shape index (κ1) is 29.2. The van der Waals surface area contributed by atoms with Crippen LogP contribution < -0.4 is 4.90 Å². The maximum absolute atomic E-state index is 11.7. The maximum Gasteiger partial charge on any atom is 0.307 e. The van der Waals surface area contributed by atoms with Gasteiger partial charge in [0.25, 0.3) is 0 Å². The molecule has 2 N–H and O–H groups in total. The molecule has 0 unspecified atom stereocenters. The van der Waals surface area contributed by atoms with E-state index in [0.717, 1.165) is 59.7 Å². The fourth-order valence-electron chi connectivity index (χ4n) is 4.23. The van der Waals surface area contributed by atoms with Gasteiger partial charge < -0.3 is 15.1 Å². The summed E-state index contributed by atoms with van der Waals surface area (Å²) in [6.45, 7) is 20.1. The molecule has 2 heterocycles. The van der Waals surface area contributed by atoms with E-state index in [0.29, 0.717) is 10.7 Å². The van der Waals surface area contributed by atoms with Gasteiger partial charge in [-0.1, -0.05) is 39.8 Å². The minimum Gasteiger partial charge on any atom is -0.481 e. The quantitative estimate of drug-likeness (QED) is 0.420. The van der Waals surface area contributed by atoms with Gasteiger partial charge in [0.15, 0.2) is 0 Å². The maximum atomic E-state index is 11.7. The Balaban J connectivity index is 0.000000784. The van der Waals surface area contributed by atoms with Gasteiger partial charge in [-0.15, -0.1) is 11.8 Å². The average Bonchev–Trinajstić information content (AvgIpc) is 2.69. The van der Waals surface area contributed by atoms with E-state index in [9.17, 15) is 9.90 Å². The SMILES string of the molecule is CC(C)(C)O.Cc1nc(C)c(-c2ccc(SC(C)C)cc2)c(N2CCC(C)(C)CC2)c1CC(=O)O. The summed E-state index contributed by atoms with van der Waals surface area (Å²) >= 11 is 1.85. The van der Waals surface area contributed by atoms with Gasteiger partial charge >= 0.3 is 5.97 Å². The summed E-state index contributed by atoms with van der Waals surface area (Å²) in [6, 6.07) is 8.65. The van der Waals surface area contributed by atoms with Crippen LogP contribution in [0.3, 0.4) is 0 Å². The lowest BCUT2D eigenvalue weighted by Crippen LogP contribution is -2.38. The predicted molar refractivity (Wildman–Crippen MR) is 149 cm³/mol. The summed E-state index contributed by atoms with van der Waals surface area (Å²) in [4.78, 5) is 20.1. The number of carbonyl (C=O) groups is 1. The Hall–Kier alpha value is -2.05. The largest absolute Gasteiger partial charge is 0.481 e. The molecular formula is C29H44N2O3S. The number of hydrogen-bond donors (Lipinski definition) is 2. The first-order valence-corrected chi connectivity index (χ1v) is 13.4. The molecule has 1 aromatic heterocycles. The van der Waals surface area contributed by atoms with Crippen LogP contribution in [0, 0.1) is 19.3 Å². The van der Waals surface area contributed by atoms with Crippen molar-refractivity contribution in [2.45, 2.75) is 97.3 Å². The van der Waals surface area contributed by atoms with Crippen LogP contribution in [0.15, 0.2) is 29.2 Å². The minimum atomic E-state index is -0.808. The number of aliphatic hydroxyl groups is 1. The zero-order valence-electron chi connectivity index (χ0n) is 23.0. The van der Waals surface area contributed by atoms with Gasteiger partial charge in [-0.3, -0.25) is 9.78 Å². The lowest BCUT2D eigenvalue weighted by molar-refractivity contribution is -0.136. The van der Waals surface area contributed by atoms with E-state index in [-0.39, 0.29) is 6.42 Å². The molecule has 1 fully saturated rings. The van der Waals surface area contributed by atoms with E-state index < -0.39 is 11.6 Å². The van der Waals surface area contributed by atoms with Crippen LogP contribution in [0.4, 0.5) is 5.69 Å². The van der Waals surface area contributed by atoms with Crippen LogP contribution in [0.25, 0.3) is 11.1 Å². The van der Waals surface area contributed by atoms with Crippen molar-refractivity contribution >= 4 is 23.4 Å². The molecule has 1 saturated heterocycles. The van der Waals surface area contributed by atoms with Crippen LogP contribution in [0.2, 0.25) is 0 Å². The Kier molecular flexibility index (Phi) is 9.83. The van der Waals surface area contributed by atoms with Gasteiger partial charge in [0, 0.05) is 45.7 Å². The Bertz CT molecular complexity index is 992. The van der Waals surface area contributed by atoms with E-state index in [2.05, 4.69) is 56.9 Å². The molecule has 2 aromatic rings. The van der Waals surface area contributed by atoms with Crippen molar-refractivity contribution in [3.05, 3.63) is 41.2 Å². The lowest BCUT2D eigenvalue weighted by atomic mass is 9.82. The van der Waals surface area contributed by atoms with E-state index >= 15 is 0 Å². The summed E-state index contributed by atoms with van der Waals surface area (Å²) in [6.07, 6.45) is 2.20. The third-order valence-electron chi connectivity index (χ3n) is 5.93. The molecule has 1 aliphatic heterocycles. The fourth-order valence-corrected chi connectivity index (χ4v) is 5.07. The molecule has 35 heavy (non-hydrogen) atoms. The Morgan fingerprint density at radius 2 is 1.60 bits per heavy atom. The first-order chi connectivity index (χ1) is 16.1. The van der Waals surface area contributed by atoms with Crippen molar-refractivity contribution in [3.8, 4) is 11.1 Å². The zero-order chi connectivity index (χ0) is 26.6. The summed E-state index contributed by atoms with van der Waals surface area (Å²) in [5.41, 5.74) is 5.73. The van der Waals surface area contributed by atoms with Crippen LogP contribution >= 0.6 is 11.8 Å². The number of aryl methyl sites for hydroxylation is 2. The van der Waals surface area contributed by atoms with Crippen molar-refractivity contribution in [2.75, 3.05) is 18.0 Å². The van der Waals surface area contributed by atoms with Crippen molar-refractivity contribution in [2.24, 2.45) is 5.41 Å². The highest BCUT2D eigenvalue weighted by atomic mass is 32.2. The fraction of sp³-hybridized carbons (Fsp3) is 0.586. The van der Waals surface area contributed by atoms with Gasteiger partial charge in [-0.25, -0.2) is 0 Å². The molecular weight excluding hydrogens is 456 g/mol. The monoisotopic (exact) mass is 500 g/mol. The summed E-state index contributed by atoms with van der Waals surface area (Å²) in [5, 5.41) is 18.7. The molecule has 0 bridgehead atoms. The smallest absolute Gasteiger partial charge is 0.307 e. The molecule has 0 radical (unpaired) electrons. The van der Waals surface area contributed by atoms with Crippen LogP contribution in [-0.4, -0.2) is 45.1 Å². The topological polar surface area (TPSA) is 73.7 Å². The molecule has 0 saturated carbocycles. The molecule has 5 nitrogen and oxygen atoms in total. The highest BCUT2D eigenvalue weighted by molar-refractivity contribution is 7.99. The highest BCUT2D eigenvalue weighted by Crippen LogP contribution is 2.41. The number of piperidine rings is 1. The lowest BCUT2D eigenvalue weighted by Gasteiger charge is -2.40. The predicted octanol–water partition coefficient (Wildman–Crippen LogP) is 6.90. The van der Waals surface area contributed by atoms with E-state index in [1.807, 2.05) is 25.6 Å². The third-order valence-corrected chi connectivity index (χ3v) is 6.95. The molecule has 0 atom stereocenters. The molecule has 0 aliphatic carbocycles. The summed E-state index contributed by atoms with van der Waals surface area (Å²) in [7, 11) is 0. The van der Waals surface area contributed by atoms with Gasteiger partial charge in [-0.05, 0) is 70.6 Å². The Labute approximate surface area is 216 Å². The van der Waals surface area contributed by atoms with Crippen LogP contribution in [0.5, 0.6) is 0 Å². The Morgan fingerprint density at radius 3 is 2.06 bits per heavy atom. The molecule has 0 amide bonds. The van der Waals surface area contributed by atoms with E-state index in [4.69, 9.17) is 10.1 Å². The van der Waals surface area contributed by atoms with Gasteiger partial charge in [0.1, 0.15) is 0 Å². The molecule has 6 heteroatoms. The van der Waals surface area contributed by atoms with Crippen molar-refractivity contribution in [1.29, 1.82) is 0 Å². The molecule has 1 aromatic carbocycles. The molecule has 194 valence electrons. The number of benzene rings is 1. The second-order valence-electron chi connectivity index (χ2n) is 11.6. The number of pyridine rings is 1. The standard InChI is InChI=1S/C25H34N2O2S.C4H10O/c1-16(2)30-20-9-7-19(8-10-20)23-18(4)26-17(3)21(15-22(28)29)24(23)27-13-11-25(5,6)12-14-27;1-4(2,3)5/h7-10,16H,11-15H2,1-6H3,(H,28,29);5H,1-3H3. The molecule has 0 spiro atoms. The first-order valence-electron chi connectivity index (χ1n) is 12.5. The summed E-state index contributed by atoms with van der Waals surface area (Å²) in [5.74, 6) is -0.808. The number of nitrogens with zero attached hydrogens (tertiary/aromatic N) is 2. The number of thioether (sulfide) groups is 1. The number of aliphatic carboxylic acids is 1. The zero-order valence-corrected chi connectivity index (χ0v) is 23.8. The van der Waals surface area contributed by atoms with Gasteiger partial charge in [-0.2, -0.15) is 0 Å². The number of anilines is 1. The minimum absolute atomic E-state index is 0.00260. The number of hydrogen-bond acceptors (Lipinski definition) is 5. The average molecular weight is 501 g/mol. The number of carboxylic acids is 1. The second-order valence-corrected chi connectivity index (χ2v) is 13.2. The van der Waals surface area contributed by atoms with Crippen molar-refractivity contribution in [3.63, 3.8) is 0 Å². The number of rotatable bonds is 6. The molecule has 3 rings (SSSR count). The highest BCUT2D eigenvalue weighted by Gasteiger charge is 2.30. The van der Waals surface area contributed by atoms with E-state index in [1.165, 1.54) is 4.90 Å². The molecule has 1 aliphatic rings.